The maximum absolute atomic E-state index is 13.5. The molecular formula is C18H27NO7S. The van der Waals surface area contributed by atoms with Crippen LogP contribution in [-0.2, 0) is 24.3 Å². The van der Waals surface area contributed by atoms with Crippen molar-refractivity contribution in [1.29, 1.82) is 0 Å². The summed E-state index contributed by atoms with van der Waals surface area (Å²) in [6.07, 6.45) is 0. The van der Waals surface area contributed by atoms with Crippen LogP contribution in [0.2, 0.25) is 0 Å². The van der Waals surface area contributed by atoms with Gasteiger partial charge in [-0.25, -0.2) is 13.2 Å². The smallest absolute Gasteiger partial charge is 0.329 e. The Balaban J connectivity index is 2.40. The van der Waals surface area contributed by atoms with E-state index in [0.29, 0.717) is 16.9 Å². The molecule has 0 bridgehead atoms. The fraction of sp³-hybridized carbons (Fsp3) is 0.611. The SMILES string of the molecule is COc1cc(C)c(S(=O)(=O)N2CC(C)(C)OCC2COCC(=O)O)c(C)c1. The maximum Gasteiger partial charge on any atom is 0.329 e. The largest absolute Gasteiger partial charge is 0.497 e. The average molecular weight is 401 g/mol. The Kier molecular flexibility index (Phi) is 6.51. The van der Waals surface area contributed by atoms with E-state index in [2.05, 4.69) is 0 Å². The number of nitrogens with zero attached hydrogens (tertiary/aromatic N) is 1. The number of carboxylic acid groups (broad SMARTS) is 1. The minimum absolute atomic E-state index is 0.0597. The van der Waals surface area contributed by atoms with Gasteiger partial charge in [-0.05, 0) is 51.0 Å². The van der Waals surface area contributed by atoms with Gasteiger partial charge < -0.3 is 19.3 Å². The van der Waals surface area contributed by atoms with Crippen molar-refractivity contribution in [2.45, 2.75) is 44.2 Å². The fourth-order valence-corrected chi connectivity index (χ4v) is 5.36. The van der Waals surface area contributed by atoms with Gasteiger partial charge >= 0.3 is 5.97 Å². The van der Waals surface area contributed by atoms with Gasteiger partial charge in [0.2, 0.25) is 10.0 Å². The number of ether oxygens (including phenoxy) is 3. The van der Waals surface area contributed by atoms with Crippen LogP contribution in [0.4, 0.5) is 0 Å². The molecule has 1 saturated heterocycles. The van der Waals surface area contributed by atoms with E-state index in [1.165, 1.54) is 11.4 Å². The number of rotatable bonds is 7. The van der Waals surface area contributed by atoms with E-state index in [1.807, 2.05) is 13.8 Å². The van der Waals surface area contributed by atoms with Gasteiger partial charge in [-0.2, -0.15) is 4.31 Å². The van der Waals surface area contributed by atoms with E-state index in [4.69, 9.17) is 19.3 Å². The first kappa shape index (κ1) is 21.6. The van der Waals surface area contributed by atoms with Gasteiger partial charge in [0.1, 0.15) is 12.4 Å². The number of methoxy groups -OCH3 is 1. The summed E-state index contributed by atoms with van der Waals surface area (Å²) in [6, 6.07) is 2.76. The van der Waals surface area contributed by atoms with E-state index in [1.54, 1.807) is 26.0 Å². The van der Waals surface area contributed by atoms with E-state index in [0.717, 1.165) is 0 Å². The second-order valence-electron chi connectivity index (χ2n) is 7.27. The highest BCUT2D eigenvalue weighted by atomic mass is 32.2. The predicted molar refractivity (Wildman–Crippen MR) is 98.6 cm³/mol. The van der Waals surface area contributed by atoms with E-state index >= 15 is 0 Å². The first-order valence-corrected chi connectivity index (χ1v) is 10.0. The predicted octanol–water partition coefficient (Wildman–Crippen LogP) is 1.58. The van der Waals surface area contributed by atoms with Gasteiger partial charge in [0.15, 0.2) is 0 Å². The lowest BCUT2D eigenvalue weighted by Gasteiger charge is -2.42. The Morgan fingerprint density at radius 2 is 1.93 bits per heavy atom. The number of hydrogen-bond acceptors (Lipinski definition) is 6. The minimum atomic E-state index is -3.85. The monoisotopic (exact) mass is 401 g/mol. The van der Waals surface area contributed by atoms with Crippen LogP contribution in [0.15, 0.2) is 17.0 Å². The number of hydrogen-bond donors (Lipinski definition) is 1. The van der Waals surface area contributed by atoms with Crippen LogP contribution in [-0.4, -0.2) is 68.9 Å². The molecule has 0 radical (unpaired) electrons. The van der Waals surface area contributed by atoms with Crippen molar-refractivity contribution in [3.8, 4) is 5.75 Å². The molecule has 27 heavy (non-hydrogen) atoms. The second-order valence-corrected chi connectivity index (χ2v) is 9.10. The highest BCUT2D eigenvalue weighted by Gasteiger charge is 2.42. The third-order valence-electron chi connectivity index (χ3n) is 4.38. The molecule has 2 rings (SSSR count). The Hall–Kier alpha value is -1.68. The van der Waals surface area contributed by atoms with Crippen molar-refractivity contribution in [2.75, 3.05) is 33.5 Å². The summed E-state index contributed by atoms with van der Waals surface area (Å²) in [4.78, 5) is 10.9. The standard InChI is InChI=1S/C18H27NO7S/c1-12-6-15(24-5)7-13(2)17(12)27(22,23)19-11-18(3,4)26-9-14(19)8-25-10-16(20)21/h6-7,14H,8-11H2,1-5H3,(H,20,21). The van der Waals surface area contributed by atoms with Crippen LogP contribution in [0.5, 0.6) is 5.75 Å². The third-order valence-corrected chi connectivity index (χ3v) is 6.59. The molecule has 1 N–H and O–H groups in total. The van der Waals surface area contributed by atoms with Gasteiger partial charge in [0.05, 0.1) is 36.9 Å². The molecule has 0 amide bonds. The second kappa shape index (κ2) is 8.14. The van der Waals surface area contributed by atoms with Crippen molar-refractivity contribution < 1.29 is 32.5 Å². The first-order chi connectivity index (χ1) is 12.5. The van der Waals surface area contributed by atoms with Gasteiger partial charge in [-0.15, -0.1) is 0 Å². The summed E-state index contributed by atoms with van der Waals surface area (Å²) in [6.45, 7) is 6.80. The Morgan fingerprint density at radius 3 is 2.44 bits per heavy atom. The molecule has 0 saturated carbocycles. The lowest BCUT2D eigenvalue weighted by atomic mass is 10.1. The van der Waals surface area contributed by atoms with Crippen molar-refractivity contribution in [2.24, 2.45) is 0 Å². The normalized spacial score (nSPS) is 20.4. The number of sulfonamides is 1. The molecule has 1 aromatic carbocycles. The van der Waals surface area contributed by atoms with Gasteiger partial charge in [-0.3, -0.25) is 0 Å². The molecule has 1 unspecified atom stereocenters. The van der Waals surface area contributed by atoms with Gasteiger partial charge in [0.25, 0.3) is 0 Å². The van der Waals surface area contributed by atoms with E-state index in [9.17, 15) is 13.2 Å². The summed E-state index contributed by atoms with van der Waals surface area (Å²) in [7, 11) is -2.32. The molecule has 0 spiro atoms. The summed E-state index contributed by atoms with van der Waals surface area (Å²) < 4.78 is 44.4. The zero-order chi connectivity index (χ0) is 20.4. The summed E-state index contributed by atoms with van der Waals surface area (Å²) in [5.41, 5.74) is 0.507. The maximum atomic E-state index is 13.5. The lowest BCUT2D eigenvalue weighted by molar-refractivity contribution is -0.145. The number of aryl methyl sites for hydroxylation is 2. The lowest BCUT2D eigenvalue weighted by Crippen LogP contribution is -2.57. The summed E-state index contributed by atoms with van der Waals surface area (Å²) >= 11 is 0. The number of carboxylic acids is 1. The molecule has 1 fully saturated rings. The highest BCUT2D eigenvalue weighted by molar-refractivity contribution is 7.89. The molecule has 0 aliphatic carbocycles. The molecule has 1 atom stereocenters. The van der Waals surface area contributed by atoms with Crippen LogP contribution in [0, 0.1) is 13.8 Å². The topological polar surface area (TPSA) is 102 Å². The number of aliphatic carboxylic acids is 1. The van der Waals surface area contributed by atoms with Crippen LogP contribution in [0.25, 0.3) is 0 Å². The summed E-state index contributed by atoms with van der Waals surface area (Å²) in [5, 5.41) is 8.75. The van der Waals surface area contributed by atoms with Crippen LogP contribution >= 0.6 is 0 Å². The Morgan fingerprint density at radius 1 is 1.33 bits per heavy atom. The number of benzene rings is 1. The number of morpholine rings is 1. The Bertz CT molecular complexity index is 781. The van der Waals surface area contributed by atoms with E-state index in [-0.39, 0.29) is 24.7 Å². The first-order valence-electron chi connectivity index (χ1n) is 8.58. The molecular weight excluding hydrogens is 374 g/mol. The van der Waals surface area contributed by atoms with Crippen LogP contribution in [0.1, 0.15) is 25.0 Å². The van der Waals surface area contributed by atoms with Crippen molar-refractivity contribution in [3.05, 3.63) is 23.3 Å². The molecule has 8 nitrogen and oxygen atoms in total. The van der Waals surface area contributed by atoms with Crippen LogP contribution < -0.4 is 4.74 Å². The van der Waals surface area contributed by atoms with Crippen molar-refractivity contribution in [1.82, 2.24) is 4.31 Å². The molecule has 1 aliphatic heterocycles. The highest BCUT2D eigenvalue weighted by Crippen LogP contribution is 2.32. The van der Waals surface area contributed by atoms with Gasteiger partial charge in [0, 0.05) is 6.54 Å². The quantitative estimate of drug-likeness (QED) is 0.740. The average Bonchev–Trinajstić information content (AvgIpc) is 2.54. The van der Waals surface area contributed by atoms with Crippen molar-refractivity contribution in [3.63, 3.8) is 0 Å². The zero-order valence-electron chi connectivity index (χ0n) is 16.3. The minimum Gasteiger partial charge on any atom is -0.497 e. The molecule has 0 aromatic heterocycles. The summed E-state index contributed by atoms with van der Waals surface area (Å²) in [5.74, 6) is -0.518. The third kappa shape index (κ3) is 4.98. The zero-order valence-corrected chi connectivity index (χ0v) is 17.1. The van der Waals surface area contributed by atoms with Crippen LogP contribution in [0.3, 0.4) is 0 Å². The molecule has 152 valence electrons. The molecule has 1 aromatic rings. The molecule has 1 aliphatic rings. The fourth-order valence-electron chi connectivity index (χ4n) is 3.20. The van der Waals surface area contributed by atoms with Gasteiger partial charge in [-0.1, -0.05) is 0 Å². The number of carbonyl (C=O) groups is 1. The molecule has 9 heteroatoms. The van der Waals surface area contributed by atoms with Crippen molar-refractivity contribution >= 4 is 16.0 Å². The Labute approximate surface area is 160 Å². The van der Waals surface area contributed by atoms with E-state index < -0.39 is 34.2 Å². The molecule has 1 heterocycles.